The van der Waals surface area contributed by atoms with E-state index in [0.29, 0.717) is 0 Å². The first-order chi connectivity index (χ1) is 18.7. The van der Waals surface area contributed by atoms with Gasteiger partial charge in [-0.3, -0.25) is 4.98 Å². The Kier molecular flexibility index (Phi) is 5.38. The smallest absolute Gasteiger partial charge is 0.138 e. The number of hydrogen-bond donors (Lipinski definition) is 1. The van der Waals surface area contributed by atoms with E-state index < -0.39 is 5.54 Å². The van der Waals surface area contributed by atoms with E-state index in [2.05, 4.69) is 118 Å². The molecule has 38 heavy (non-hydrogen) atoms. The lowest BCUT2D eigenvalue weighted by Gasteiger charge is -2.37. The predicted octanol–water partition coefficient (Wildman–Crippen LogP) is 7.23. The molecular formula is C33H24N4S. The monoisotopic (exact) mass is 508 g/mol. The van der Waals surface area contributed by atoms with E-state index in [9.17, 15) is 0 Å². The Bertz CT molecular complexity index is 1670. The van der Waals surface area contributed by atoms with Crippen molar-refractivity contribution in [2.45, 2.75) is 12.0 Å². The lowest BCUT2D eigenvalue weighted by atomic mass is 9.77. The van der Waals surface area contributed by atoms with Gasteiger partial charge in [0, 0.05) is 35.5 Å². The van der Waals surface area contributed by atoms with Crippen molar-refractivity contribution in [2.24, 2.45) is 0 Å². The largest absolute Gasteiger partial charge is 0.349 e. The Hall–Kier alpha value is -4.61. The first-order valence-corrected chi connectivity index (χ1v) is 13.1. The molecule has 0 saturated carbocycles. The van der Waals surface area contributed by atoms with Crippen molar-refractivity contribution in [3.05, 3.63) is 150 Å². The first-order valence-electron chi connectivity index (χ1n) is 12.7. The van der Waals surface area contributed by atoms with E-state index in [1.54, 1.807) is 0 Å². The van der Waals surface area contributed by atoms with Crippen molar-refractivity contribution in [1.29, 1.82) is 0 Å². The Balaban J connectivity index is 1.66. The zero-order valence-electron chi connectivity index (χ0n) is 20.6. The van der Waals surface area contributed by atoms with Gasteiger partial charge >= 0.3 is 0 Å². The predicted molar refractivity (Wildman–Crippen MR) is 157 cm³/mol. The Morgan fingerprint density at radius 1 is 0.711 bits per heavy atom. The maximum Gasteiger partial charge on any atom is 0.138 e. The third kappa shape index (κ3) is 3.47. The fourth-order valence-electron chi connectivity index (χ4n) is 5.72. The van der Waals surface area contributed by atoms with E-state index in [0.717, 1.165) is 55.9 Å². The third-order valence-electron chi connectivity index (χ3n) is 7.38. The van der Waals surface area contributed by atoms with E-state index >= 15 is 0 Å². The van der Waals surface area contributed by atoms with Crippen molar-refractivity contribution < 1.29 is 0 Å². The summed E-state index contributed by atoms with van der Waals surface area (Å²) < 4.78 is 2.22. The van der Waals surface area contributed by atoms with Gasteiger partial charge in [0.1, 0.15) is 11.2 Å². The van der Waals surface area contributed by atoms with Crippen molar-refractivity contribution >= 4 is 33.8 Å². The minimum atomic E-state index is -0.714. The van der Waals surface area contributed by atoms with E-state index in [4.69, 9.17) is 17.3 Å². The lowest BCUT2D eigenvalue weighted by molar-refractivity contribution is 0.477. The van der Waals surface area contributed by atoms with Gasteiger partial charge < -0.3 is 5.32 Å². The normalized spacial score (nSPS) is 12.9. The molecule has 182 valence electrons. The number of anilines is 1. The highest BCUT2D eigenvalue weighted by Crippen LogP contribution is 2.45. The highest BCUT2D eigenvalue weighted by molar-refractivity contribution is 7.80. The zero-order chi connectivity index (χ0) is 25.5. The molecule has 3 heterocycles. The molecule has 5 heteroatoms. The highest BCUT2D eigenvalue weighted by Gasteiger charge is 2.41. The molecule has 0 atom stereocenters. The second-order valence-electron chi connectivity index (χ2n) is 9.56. The molecule has 1 N–H and O–H groups in total. The van der Waals surface area contributed by atoms with Crippen LogP contribution in [0.2, 0.25) is 0 Å². The van der Waals surface area contributed by atoms with Crippen LogP contribution in [0.15, 0.2) is 128 Å². The minimum absolute atomic E-state index is 0.714. The van der Waals surface area contributed by atoms with Crippen molar-refractivity contribution in [2.75, 3.05) is 5.32 Å². The van der Waals surface area contributed by atoms with Gasteiger partial charge in [-0.1, -0.05) is 103 Å². The molecule has 4 nitrogen and oxygen atoms in total. The van der Waals surface area contributed by atoms with Gasteiger partial charge in [0.2, 0.25) is 0 Å². The van der Waals surface area contributed by atoms with Crippen molar-refractivity contribution in [3.63, 3.8) is 0 Å². The van der Waals surface area contributed by atoms with Crippen LogP contribution in [0.1, 0.15) is 22.3 Å². The van der Waals surface area contributed by atoms with Crippen molar-refractivity contribution in [1.82, 2.24) is 14.8 Å². The lowest BCUT2D eigenvalue weighted by Crippen LogP contribution is -2.38. The van der Waals surface area contributed by atoms with Gasteiger partial charge in [-0.05, 0) is 46.5 Å². The molecule has 4 aromatic carbocycles. The number of rotatable bonds is 5. The average Bonchev–Trinajstić information content (AvgIpc) is 3.53. The molecule has 2 aromatic heterocycles. The number of nitrogens with zero attached hydrogens (tertiary/aromatic N) is 3. The van der Waals surface area contributed by atoms with Gasteiger partial charge in [0.15, 0.2) is 0 Å². The summed E-state index contributed by atoms with van der Waals surface area (Å²) in [6.07, 6.45) is 4.37. The SMILES string of the molecule is S=C1Cc2cc3c(cc2N1)c(-c1ccncc1)nn3C(c1ccccc1)(c1ccccc1)c1ccccc1. The van der Waals surface area contributed by atoms with Crippen LogP contribution in [0, 0.1) is 0 Å². The maximum absolute atomic E-state index is 5.56. The highest BCUT2D eigenvalue weighted by atomic mass is 32.1. The van der Waals surface area contributed by atoms with Gasteiger partial charge in [0.05, 0.1) is 10.5 Å². The van der Waals surface area contributed by atoms with Gasteiger partial charge in [0.25, 0.3) is 0 Å². The molecule has 7 rings (SSSR count). The second kappa shape index (κ2) is 9.05. The number of pyridine rings is 1. The van der Waals surface area contributed by atoms with Crippen LogP contribution in [-0.2, 0) is 12.0 Å². The summed E-state index contributed by atoms with van der Waals surface area (Å²) in [5.41, 5.74) is 7.93. The summed E-state index contributed by atoms with van der Waals surface area (Å²) in [5.74, 6) is 0. The van der Waals surface area contributed by atoms with Crippen LogP contribution in [0.3, 0.4) is 0 Å². The fourth-order valence-corrected chi connectivity index (χ4v) is 5.98. The number of thiocarbonyl (C=S) groups is 1. The van der Waals surface area contributed by atoms with Crippen LogP contribution >= 0.6 is 12.2 Å². The van der Waals surface area contributed by atoms with Gasteiger partial charge in [-0.25, -0.2) is 4.68 Å². The Morgan fingerprint density at radius 3 is 1.82 bits per heavy atom. The fraction of sp³-hybridized carbons (Fsp3) is 0.0606. The molecule has 0 fully saturated rings. The molecule has 1 aliphatic heterocycles. The molecule has 0 saturated heterocycles. The Labute approximate surface area is 226 Å². The number of benzene rings is 4. The summed E-state index contributed by atoms with van der Waals surface area (Å²) in [6, 6.07) is 40.5. The van der Waals surface area contributed by atoms with Crippen LogP contribution in [0.4, 0.5) is 5.69 Å². The van der Waals surface area contributed by atoms with Crippen molar-refractivity contribution in [3.8, 4) is 11.3 Å². The van der Waals surface area contributed by atoms with Crippen LogP contribution < -0.4 is 5.32 Å². The van der Waals surface area contributed by atoms with Gasteiger partial charge in [-0.2, -0.15) is 5.10 Å². The van der Waals surface area contributed by atoms with E-state index in [1.807, 2.05) is 24.5 Å². The standard InChI is InChI=1S/C33H24N4S/c38-31-21-24-20-30-28(22-29(24)35-31)32(23-16-18-34-19-17-23)36-37(30)33(25-10-4-1-5-11-25,26-12-6-2-7-13-26)27-14-8-3-9-15-27/h1-20,22H,21H2,(H,35,38). The molecule has 1 aliphatic rings. The molecule has 0 amide bonds. The Morgan fingerprint density at radius 2 is 1.26 bits per heavy atom. The van der Waals surface area contributed by atoms with Crippen LogP contribution in [-0.4, -0.2) is 19.8 Å². The zero-order valence-corrected chi connectivity index (χ0v) is 21.4. The summed E-state index contributed by atoms with van der Waals surface area (Å²) in [7, 11) is 0. The molecule has 0 unspecified atom stereocenters. The van der Waals surface area contributed by atoms with E-state index in [-0.39, 0.29) is 0 Å². The quantitative estimate of drug-likeness (QED) is 0.197. The summed E-state index contributed by atoms with van der Waals surface area (Å²) in [5, 5.41) is 9.91. The molecular weight excluding hydrogens is 484 g/mol. The molecule has 0 aliphatic carbocycles. The van der Waals surface area contributed by atoms with Crippen LogP contribution in [0.5, 0.6) is 0 Å². The molecule has 0 radical (unpaired) electrons. The number of nitrogens with one attached hydrogen (secondary N) is 1. The number of hydrogen-bond acceptors (Lipinski definition) is 3. The third-order valence-corrected chi connectivity index (χ3v) is 7.62. The summed E-state index contributed by atoms with van der Waals surface area (Å²) in [6.45, 7) is 0. The maximum atomic E-state index is 5.56. The summed E-state index contributed by atoms with van der Waals surface area (Å²) in [4.78, 5) is 5.10. The topological polar surface area (TPSA) is 42.7 Å². The number of aromatic nitrogens is 3. The number of fused-ring (bicyclic) bond motifs is 2. The van der Waals surface area contributed by atoms with E-state index in [1.165, 1.54) is 5.56 Å². The average molecular weight is 509 g/mol. The van der Waals surface area contributed by atoms with Crippen LogP contribution in [0.25, 0.3) is 22.2 Å². The first kappa shape index (κ1) is 22.6. The minimum Gasteiger partial charge on any atom is -0.349 e. The van der Waals surface area contributed by atoms with Gasteiger partial charge in [-0.15, -0.1) is 0 Å². The molecule has 0 bridgehead atoms. The second-order valence-corrected chi connectivity index (χ2v) is 10.0. The molecule has 6 aromatic rings. The molecule has 0 spiro atoms. The summed E-state index contributed by atoms with van der Waals surface area (Å²) >= 11 is 5.56.